The van der Waals surface area contributed by atoms with E-state index in [1.54, 1.807) is 23.2 Å². The van der Waals surface area contributed by atoms with Gasteiger partial charge in [0.15, 0.2) is 15.5 Å². The number of hydrogen-bond donors (Lipinski definition) is 0. The second-order valence-electron chi connectivity index (χ2n) is 8.17. The Morgan fingerprint density at radius 1 is 1.18 bits per heavy atom. The van der Waals surface area contributed by atoms with E-state index >= 15 is 0 Å². The number of carbonyl (C=O) groups excluding carboxylic acids is 1. The molecule has 1 aromatic carbocycles. The first-order chi connectivity index (χ1) is 15.8. The second kappa shape index (κ2) is 9.34. The molecule has 0 radical (unpaired) electrons. The molecule has 33 heavy (non-hydrogen) atoms. The molecule has 0 spiro atoms. The van der Waals surface area contributed by atoms with E-state index < -0.39 is 9.84 Å². The molecule has 0 N–H and O–H groups in total. The predicted octanol–water partition coefficient (Wildman–Crippen LogP) is 3.59. The van der Waals surface area contributed by atoms with Crippen molar-refractivity contribution in [2.45, 2.75) is 50.2 Å². The van der Waals surface area contributed by atoms with Crippen molar-refractivity contribution in [3.05, 3.63) is 36.8 Å². The molecule has 1 aliphatic rings. The highest BCUT2D eigenvalue weighted by Crippen LogP contribution is 2.31. The van der Waals surface area contributed by atoms with Gasteiger partial charge in [0.05, 0.1) is 17.1 Å². The van der Waals surface area contributed by atoms with Gasteiger partial charge in [-0.05, 0) is 50.5 Å². The Hall–Kier alpha value is -3.21. The highest BCUT2D eigenvalue weighted by atomic mass is 32.2. The molecule has 0 aliphatic carbocycles. The van der Waals surface area contributed by atoms with Gasteiger partial charge in [-0.3, -0.25) is 0 Å². The van der Waals surface area contributed by atoms with Crippen LogP contribution in [-0.2, 0) is 14.6 Å². The quantitative estimate of drug-likeness (QED) is 0.533. The van der Waals surface area contributed by atoms with Crippen molar-refractivity contribution in [1.82, 2.24) is 24.6 Å². The van der Waals surface area contributed by atoms with E-state index in [2.05, 4.69) is 15.1 Å². The van der Waals surface area contributed by atoms with E-state index in [1.165, 1.54) is 18.5 Å². The third kappa shape index (κ3) is 5.08. The van der Waals surface area contributed by atoms with Gasteiger partial charge in [0.1, 0.15) is 23.6 Å². The number of benzene rings is 1. The summed E-state index contributed by atoms with van der Waals surface area (Å²) in [5, 5.41) is 5.18. The van der Waals surface area contributed by atoms with Crippen LogP contribution >= 0.6 is 0 Å². The molecule has 1 amide bonds. The average Bonchev–Trinajstić information content (AvgIpc) is 3.24. The van der Waals surface area contributed by atoms with Crippen LogP contribution in [0.1, 0.15) is 39.2 Å². The zero-order valence-corrected chi connectivity index (χ0v) is 19.7. The van der Waals surface area contributed by atoms with Gasteiger partial charge in [0.25, 0.3) is 0 Å². The van der Waals surface area contributed by atoms with Gasteiger partial charge >= 0.3 is 6.09 Å². The standard InChI is InChI=1S/C22H27N5O5S/c1-4-15(2)31-22(28)26-11-9-16(10-12-26)27-20-19(13-25-27)21(24-14-23-20)32-17-5-7-18(8-6-17)33(3,29)30/h5-8,13-16H,4,9-12H2,1-3H3/t15-/m1/s1. The Morgan fingerprint density at radius 2 is 1.88 bits per heavy atom. The van der Waals surface area contributed by atoms with Crippen molar-refractivity contribution < 1.29 is 22.7 Å². The molecular weight excluding hydrogens is 446 g/mol. The maximum atomic E-state index is 12.3. The molecule has 4 rings (SSSR count). The molecule has 2 aromatic heterocycles. The minimum Gasteiger partial charge on any atom is -0.446 e. The van der Waals surface area contributed by atoms with Gasteiger partial charge in [0.2, 0.25) is 5.88 Å². The summed E-state index contributed by atoms with van der Waals surface area (Å²) in [6.07, 6.45) is 6.13. The fourth-order valence-corrected chi connectivity index (χ4v) is 4.31. The predicted molar refractivity (Wildman–Crippen MR) is 121 cm³/mol. The van der Waals surface area contributed by atoms with Gasteiger partial charge in [-0.2, -0.15) is 5.10 Å². The Balaban J connectivity index is 1.47. The summed E-state index contributed by atoms with van der Waals surface area (Å²) in [5.41, 5.74) is 0.647. The van der Waals surface area contributed by atoms with E-state index in [4.69, 9.17) is 9.47 Å². The lowest BCUT2D eigenvalue weighted by molar-refractivity contribution is 0.0582. The van der Waals surface area contributed by atoms with Gasteiger partial charge in [-0.25, -0.2) is 27.9 Å². The number of sulfone groups is 1. The first kappa shape index (κ1) is 23.0. The van der Waals surface area contributed by atoms with Crippen molar-refractivity contribution in [2.24, 2.45) is 0 Å². The molecule has 0 saturated carbocycles. The van der Waals surface area contributed by atoms with Crippen molar-refractivity contribution in [2.75, 3.05) is 19.3 Å². The normalized spacial score (nSPS) is 16.0. The number of carbonyl (C=O) groups is 1. The highest BCUT2D eigenvalue weighted by Gasteiger charge is 2.27. The molecular formula is C22H27N5O5S. The lowest BCUT2D eigenvalue weighted by Gasteiger charge is -2.32. The molecule has 11 heteroatoms. The third-order valence-electron chi connectivity index (χ3n) is 5.77. The third-order valence-corrected chi connectivity index (χ3v) is 6.89. The molecule has 1 aliphatic heterocycles. The number of fused-ring (bicyclic) bond motifs is 1. The van der Waals surface area contributed by atoms with Crippen LogP contribution in [0.2, 0.25) is 0 Å². The van der Waals surface area contributed by atoms with Crippen LogP contribution in [0.4, 0.5) is 4.79 Å². The summed E-state index contributed by atoms with van der Waals surface area (Å²) < 4.78 is 36.5. The van der Waals surface area contributed by atoms with Gasteiger partial charge in [-0.15, -0.1) is 0 Å². The summed E-state index contributed by atoms with van der Waals surface area (Å²) in [6.45, 7) is 5.04. The SMILES string of the molecule is CC[C@@H](C)OC(=O)N1CCC(n2ncc3c(Oc4ccc(S(C)(=O)=O)cc4)ncnc32)CC1. The first-order valence-corrected chi connectivity index (χ1v) is 12.8. The zero-order chi connectivity index (χ0) is 23.6. The van der Waals surface area contributed by atoms with Crippen LogP contribution in [0, 0.1) is 0 Å². The number of hydrogen-bond acceptors (Lipinski definition) is 8. The number of rotatable bonds is 6. The van der Waals surface area contributed by atoms with Crippen molar-refractivity contribution in [1.29, 1.82) is 0 Å². The lowest BCUT2D eigenvalue weighted by atomic mass is 10.1. The number of ether oxygens (including phenoxy) is 2. The summed E-state index contributed by atoms with van der Waals surface area (Å²) in [4.78, 5) is 22.9. The second-order valence-corrected chi connectivity index (χ2v) is 10.2. The van der Waals surface area contributed by atoms with Crippen LogP contribution in [0.5, 0.6) is 11.6 Å². The number of likely N-dealkylation sites (tertiary alicyclic amines) is 1. The van der Waals surface area contributed by atoms with Crippen LogP contribution in [-0.4, -0.2) is 64.6 Å². The van der Waals surface area contributed by atoms with Gasteiger partial charge in [-0.1, -0.05) is 6.92 Å². The Labute approximate surface area is 192 Å². The van der Waals surface area contributed by atoms with Crippen molar-refractivity contribution in [3.8, 4) is 11.6 Å². The molecule has 1 fully saturated rings. The highest BCUT2D eigenvalue weighted by molar-refractivity contribution is 7.90. The Morgan fingerprint density at radius 3 is 2.52 bits per heavy atom. The van der Waals surface area contributed by atoms with E-state index in [0.717, 1.165) is 25.5 Å². The molecule has 0 bridgehead atoms. The maximum absolute atomic E-state index is 12.3. The number of amides is 1. The summed E-state index contributed by atoms with van der Waals surface area (Å²) in [5.74, 6) is 0.802. The molecule has 10 nitrogen and oxygen atoms in total. The van der Waals surface area contributed by atoms with Crippen LogP contribution < -0.4 is 4.74 Å². The molecule has 3 aromatic rings. The lowest BCUT2D eigenvalue weighted by Crippen LogP contribution is -2.40. The number of piperidine rings is 1. The Kier molecular flexibility index (Phi) is 6.50. The molecule has 1 saturated heterocycles. The first-order valence-electron chi connectivity index (χ1n) is 10.9. The monoisotopic (exact) mass is 473 g/mol. The van der Waals surface area contributed by atoms with E-state index in [9.17, 15) is 13.2 Å². The summed E-state index contributed by atoms with van der Waals surface area (Å²) in [7, 11) is -3.28. The minimum atomic E-state index is -3.28. The molecule has 176 valence electrons. The fourth-order valence-electron chi connectivity index (χ4n) is 3.68. The van der Waals surface area contributed by atoms with Crippen LogP contribution in [0.3, 0.4) is 0 Å². The van der Waals surface area contributed by atoms with Crippen molar-refractivity contribution >= 4 is 27.0 Å². The van der Waals surface area contributed by atoms with E-state index in [-0.39, 0.29) is 23.1 Å². The van der Waals surface area contributed by atoms with Gasteiger partial charge in [0, 0.05) is 19.3 Å². The molecule has 0 unspecified atom stereocenters. The number of nitrogens with zero attached hydrogens (tertiary/aromatic N) is 5. The number of aromatic nitrogens is 4. The van der Waals surface area contributed by atoms with Crippen molar-refractivity contribution in [3.63, 3.8) is 0 Å². The van der Waals surface area contributed by atoms with E-state index in [1.807, 2.05) is 18.5 Å². The molecule has 3 heterocycles. The summed E-state index contributed by atoms with van der Waals surface area (Å²) in [6, 6.07) is 6.25. The minimum absolute atomic E-state index is 0.0898. The summed E-state index contributed by atoms with van der Waals surface area (Å²) >= 11 is 0. The van der Waals surface area contributed by atoms with Crippen LogP contribution in [0.15, 0.2) is 41.7 Å². The van der Waals surface area contributed by atoms with E-state index in [0.29, 0.717) is 35.8 Å². The smallest absolute Gasteiger partial charge is 0.410 e. The fraction of sp³-hybridized carbons (Fsp3) is 0.455. The Bertz CT molecular complexity index is 1230. The largest absolute Gasteiger partial charge is 0.446 e. The topological polar surface area (TPSA) is 117 Å². The zero-order valence-electron chi connectivity index (χ0n) is 18.8. The maximum Gasteiger partial charge on any atom is 0.410 e. The molecule has 1 atom stereocenters. The van der Waals surface area contributed by atoms with Crippen LogP contribution in [0.25, 0.3) is 11.0 Å². The average molecular weight is 474 g/mol. The van der Waals surface area contributed by atoms with Gasteiger partial charge < -0.3 is 14.4 Å².